The lowest BCUT2D eigenvalue weighted by Gasteiger charge is -2.27. The zero-order chi connectivity index (χ0) is 17.6. The van der Waals surface area contributed by atoms with Crippen LogP contribution in [0.4, 0.5) is 0 Å². The molecule has 2 atom stereocenters. The quantitative estimate of drug-likeness (QED) is 0.878. The molecule has 132 valence electrons. The number of aliphatic hydroxyl groups excluding tert-OH is 1. The molecule has 25 heavy (non-hydrogen) atoms. The maximum absolute atomic E-state index is 12.7. The third kappa shape index (κ3) is 4.40. The molecule has 1 N–H and O–H groups in total. The molecule has 4 nitrogen and oxygen atoms in total. The fourth-order valence-corrected chi connectivity index (χ4v) is 3.50. The average Bonchev–Trinajstić information content (AvgIpc) is 3.11. The molecule has 2 aromatic rings. The average molecular weight is 339 g/mol. The summed E-state index contributed by atoms with van der Waals surface area (Å²) in [5.41, 5.74) is 1.90. The van der Waals surface area contributed by atoms with E-state index < -0.39 is 6.10 Å². The Bertz CT molecular complexity index is 684. The number of methoxy groups -OCH3 is 1. The number of ether oxygens (including phenoxy) is 1. The first-order chi connectivity index (χ1) is 12.2. The Morgan fingerprint density at radius 3 is 2.60 bits per heavy atom. The monoisotopic (exact) mass is 339 g/mol. The van der Waals surface area contributed by atoms with E-state index in [1.807, 2.05) is 59.5 Å². The van der Waals surface area contributed by atoms with Crippen LogP contribution >= 0.6 is 0 Å². The molecule has 1 fully saturated rings. The molecule has 0 unspecified atom stereocenters. The smallest absolute Gasteiger partial charge is 0.227 e. The predicted molar refractivity (Wildman–Crippen MR) is 97.5 cm³/mol. The van der Waals surface area contributed by atoms with Gasteiger partial charge in [-0.1, -0.05) is 42.5 Å². The van der Waals surface area contributed by atoms with Gasteiger partial charge < -0.3 is 14.7 Å². The van der Waals surface area contributed by atoms with Gasteiger partial charge >= 0.3 is 0 Å². The number of carbonyl (C=O) groups is 1. The van der Waals surface area contributed by atoms with E-state index in [-0.39, 0.29) is 11.9 Å². The Kier molecular flexibility index (Phi) is 5.71. The standard InChI is InChI=1S/C21H25NO3/c1-25-19-11-9-16(10-12-19)14-21(24)22-13-5-8-18(22)15-20(23)17-6-3-2-4-7-17/h2-4,6-7,9-12,18,20,23H,5,8,13-15H2,1H3/t18-,20+/m0/s1. The summed E-state index contributed by atoms with van der Waals surface area (Å²) < 4.78 is 5.15. The second kappa shape index (κ2) is 8.17. The summed E-state index contributed by atoms with van der Waals surface area (Å²) >= 11 is 0. The topological polar surface area (TPSA) is 49.8 Å². The van der Waals surface area contributed by atoms with Gasteiger partial charge in [-0.05, 0) is 42.5 Å². The van der Waals surface area contributed by atoms with Crippen LogP contribution in [0.2, 0.25) is 0 Å². The summed E-state index contributed by atoms with van der Waals surface area (Å²) in [6, 6.07) is 17.4. The van der Waals surface area contributed by atoms with E-state index in [4.69, 9.17) is 4.74 Å². The Balaban J connectivity index is 1.61. The van der Waals surface area contributed by atoms with Gasteiger partial charge in [0.1, 0.15) is 5.75 Å². The highest BCUT2D eigenvalue weighted by Gasteiger charge is 2.30. The fourth-order valence-electron chi connectivity index (χ4n) is 3.50. The van der Waals surface area contributed by atoms with Gasteiger partial charge in [-0.25, -0.2) is 0 Å². The van der Waals surface area contributed by atoms with E-state index in [0.29, 0.717) is 12.8 Å². The van der Waals surface area contributed by atoms with E-state index in [2.05, 4.69) is 0 Å². The van der Waals surface area contributed by atoms with E-state index in [9.17, 15) is 9.90 Å². The van der Waals surface area contributed by atoms with Crippen LogP contribution in [0.5, 0.6) is 5.75 Å². The summed E-state index contributed by atoms with van der Waals surface area (Å²) in [4.78, 5) is 14.7. The second-order valence-electron chi connectivity index (χ2n) is 6.57. The van der Waals surface area contributed by atoms with Crippen LogP contribution in [0.3, 0.4) is 0 Å². The lowest BCUT2D eigenvalue weighted by atomic mass is 10.00. The van der Waals surface area contributed by atoms with Crippen molar-refractivity contribution in [1.82, 2.24) is 4.90 Å². The summed E-state index contributed by atoms with van der Waals surface area (Å²) in [5.74, 6) is 0.925. The van der Waals surface area contributed by atoms with Crippen LogP contribution in [0.25, 0.3) is 0 Å². The van der Waals surface area contributed by atoms with Crippen molar-refractivity contribution in [3.05, 3.63) is 65.7 Å². The zero-order valence-corrected chi connectivity index (χ0v) is 14.6. The molecule has 0 saturated carbocycles. The van der Waals surface area contributed by atoms with Gasteiger partial charge in [-0.15, -0.1) is 0 Å². The Morgan fingerprint density at radius 1 is 1.20 bits per heavy atom. The number of rotatable bonds is 6. The molecule has 3 rings (SSSR count). The minimum absolute atomic E-state index is 0.112. The molecular weight excluding hydrogens is 314 g/mol. The maximum Gasteiger partial charge on any atom is 0.227 e. The first-order valence-corrected chi connectivity index (χ1v) is 8.83. The summed E-state index contributed by atoms with van der Waals surface area (Å²) in [5, 5.41) is 10.5. The number of nitrogens with zero attached hydrogens (tertiary/aromatic N) is 1. The van der Waals surface area contributed by atoms with Crippen molar-refractivity contribution in [3.8, 4) is 5.75 Å². The molecule has 1 saturated heterocycles. The van der Waals surface area contributed by atoms with Crippen LogP contribution < -0.4 is 4.74 Å². The Labute approximate surface area is 149 Å². The molecule has 0 radical (unpaired) electrons. The first kappa shape index (κ1) is 17.5. The molecule has 1 aliphatic rings. The van der Waals surface area contributed by atoms with E-state index in [0.717, 1.165) is 36.3 Å². The minimum Gasteiger partial charge on any atom is -0.497 e. The number of hydrogen-bond acceptors (Lipinski definition) is 3. The van der Waals surface area contributed by atoms with Crippen LogP contribution in [0.1, 0.15) is 36.5 Å². The van der Waals surface area contributed by atoms with Crippen molar-refractivity contribution in [2.75, 3.05) is 13.7 Å². The highest BCUT2D eigenvalue weighted by Crippen LogP contribution is 2.28. The molecule has 1 aliphatic heterocycles. The Morgan fingerprint density at radius 2 is 1.92 bits per heavy atom. The van der Waals surface area contributed by atoms with Gasteiger partial charge in [0, 0.05) is 12.6 Å². The number of likely N-dealkylation sites (tertiary alicyclic amines) is 1. The van der Waals surface area contributed by atoms with Gasteiger partial charge in [-0.2, -0.15) is 0 Å². The third-order valence-electron chi connectivity index (χ3n) is 4.89. The summed E-state index contributed by atoms with van der Waals surface area (Å²) in [6.45, 7) is 0.779. The van der Waals surface area contributed by atoms with E-state index >= 15 is 0 Å². The fraction of sp³-hybridized carbons (Fsp3) is 0.381. The van der Waals surface area contributed by atoms with Crippen LogP contribution in [0, 0.1) is 0 Å². The molecule has 0 bridgehead atoms. The molecule has 0 aliphatic carbocycles. The SMILES string of the molecule is COc1ccc(CC(=O)N2CCC[C@H]2C[C@@H](O)c2ccccc2)cc1. The van der Waals surface area contributed by atoms with Crippen LogP contribution in [-0.4, -0.2) is 35.6 Å². The van der Waals surface area contributed by atoms with Crippen molar-refractivity contribution in [3.63, 3.8) is 0 Å². The van der Waals surface area contributed by atoms with Crippen LogP contribution in [-0.2, 0) is 11.2 Å². The van der Waals surface area contributed by atoms with Crippen LogP contribution in [0.15, 0.2) is 54.6 Å². The van der Waals surface area contributed by atoms with Crippen molar-refractivity contribution < 1.29 is 14.6 Å². The van der Waals surface area contributed by atoms with Gasteiger partial charge in [0.05, 0.1) is 19.6 Å². The molecule has 2 aromatic carbocycles. The molecule has 0 spiro atoms. The highest BCUT2D eigenvalue weighted by atomic mass is 16.5. The zero-order valence-electron chi connectivity index (χ0n) is 14.6. The van der Waals surface area contributed by atoms with Crippen molar-refractivity contribution in [1.29, 1.82) is 0 Å². The minimum atomic E-state index is -0.527. The number of aliphatic hydroxyl groups is 1. The lowest BCUT2D eigenvalue weighted by molar-refractivity contribution is -0.131. The lowest BCUT2D eigenvalue weighted by Crippen LogP contribution is -2.37. The van der Waals surface area contributed by atoms with Crippen molar-refractivity contribution in [2.45, 2.75) is 37.8 Å². The summed E-state index contributed by atoms with van der Waals surface area (Å²) in [7, 11) is 1.63. The first-order valence-electron chi connectivity index (χ1n) is 8.83. The van der Waals surface area contributed by atoms with Gasteiger partial charge in [0.25, 0.3) is 0 Å². The number of amides is 1. The number of benzene rings is 2. The largest absolute Gasteiger partial charge is 0.497 e. The molecule has 4 heteroatoms. The Hall–Kier alpha value is -2.33. The van der Waals surface area contributed by atoms with Crippen molar-refractivity contribution >= 4 is 5.91 Å². The molecule has 1 heterocycles. The normalized spacial score (nSPS) is 18.2. The van der Waals surface area contributed by atoms with E-state index in [1.165, 1.54) is 0 Å². The predicted octanol–water partition coefficient (Wildman–Crippen LogP) is 3.35. The summed E-state index contributed by atoms with van der Waals surface area (Å²) in [6.07, 6.45) is 2.42. The number of carbonyl (C=O) groups excluding carboxylic acids is 1. The van der Waals surface area contributed by atoms with Gasteiger partial charge in [0.2, 0.25) is 5.91 Å². The highest BCUT2D eigenvalue weighted by molar-refractivity contribution is 5.79. The second-order valence-corrected chi connectivity index (χ2v) is 6.57. The van der Waals surface area contributed by atoms with Crippen molar-refractivity contribution in [2.24, 2.45) is 0 Å². The van der Waals surface area contributed by atoms with Gasteiger partial charge in [0.15, 0.2) is 0 Å². The maximum atomic E-state index is 12.7. The third-order valence-corrected chi connectivity index (χ3v) is 4.89. The van der Waals surface area contributed by atoms with E-state index in [1.54, 1.807) is 7.11 Å². The molecule has 1 amide bonds. The van der Waals surface area contributed by atoms with Gasteiger partial charge in [-0.3, -0.25) is 4.79 Å². The molecule has 0 aromatic heterocycles. The molecular formula is C21H25NO3. The number of hydrogen-bond donors (Lipinski definition) is 1.